The first kappa shape index (κ1) is 8.29. The van der Waals surface area contributed by atoms with Gasteiger partial charge < -0.3 is 0 Å². The molecule has 1 heteroatoms. The molecule has 16 heavy (non-hydrogen) atoms. The first-order valence-electron chi connectivity index (χ1n) is 5.56. The molecule has 1 aromatic heterocycles. The first-order valence-corrected chi connectivity index (χ1v) is 5.56. The summed E-state index contributed by atoms with van der Waals surface area (Å²) in [5.74, 6) is 2.13. The zero-order valence-electron chi connectivity index (χ0n) is 8.77. The summed E-state index contributed by atoms with van der Waals surface area (Å²) in [5, 5.41) is 8.14. The molecule has 4 aromatic rings. The number of benzene rings is 3. The second kappa shape index (κ2) is 2.82. The Hall–Kier alpha value is -1.89. The molecule has 3 aromatic carbocycles. The van der Waals surface area contributed by atoms with Gasteiger partial charge in [-0.15, -0.1) is 0 Å². The van der Waals surface area contributed by atoms with Gasteiger partial charge in [0.2, 0.25) is 0 Å². The van der Waals surface area contributed by atoms with E-state index in [0.717, 1.165) is 0 Å². The standard InChI is InChI=1S/C15H9B/c1-2-10-4-5-12-8-9-16-13-7-6-11(3-1)14(10)15(12)13/h1-9H. The van der Waals surface area contributed by atoms with Crippen LogP contribution in [0.15, 0.2) is 54.5 Å². The fraction of sp³-hybridized carbons (Fsp3) is 0. The molecule has 0 N–H and O–H groups in total. The van der Waals surface area contributed by atoms with Crippen molar-refractivity contribution in [3.8, 4) is 0 Å². The molecule has 0 aliphatic rings. The van der Waals surface area contributed by atoms with Crippen molar-refractivity contribution < 1.29 is 0 Å². The van der Waals surface area contributed by atoms with Crippen LogP contribution in [0, 0.1) is 0 Å². The van der Waals surface area contributed by atoms with Crippen LogP contribution in [0.2, 0.25) is 0 Å². The minimum absolute atomic E-state index is 1.34. The van der Waals surface area contributed by atoms with Gasteiger partial charge in [-0.05, 0) is 0 Å². The van der Waals surface area contributed by atoms with Gasteiger partial charge in [0, 0.05) is 0 Å². The molecule has 0 saturated carbocycles. The molecule has 4 rings (SSSR count). The summed E-state index contributed by atoms with van der Waals surface area (Å²) in [4.78, 5) is 0. The van der Waals surface area contributed by atoms with E-state index in [1.54, 1.807) is 0 Å². The summed E-state index contributed by atoms with van der Waals surface area (Å²) >= 11 is 0. The topological polar surface area (TPSA) is 0 Å². The molecule has 0 spiro atoms. The van der Waals surface area contributed by atoms with Gasteiger partial charge in [0.05, 0.1) is 0 Å². The molecule has 0 nitrogen and oxygen atoms in total. The zero-order chi connectivity index (χ0) is 10.5. The van der Waals surface area contributed by atoms with Crippen LogP contribution < -0.4 is 0 Å². The Labute approximate surface area is 94.1 Å². The maximum atomic E-state index is 2.21. The second-order valence-corrected chi connectivity index (χ2v) is 4.29. The third-order valence-electron chi connectivity index (χ3n) is 3.39. The van der Waals surface area contributed by atoms with E-state index < -0.39 is 0 Å². The average Bonchev–Trinajstić information content (AvgIpc) is 2.36. The zero-order valence-corrected chi connectivity index (χ0v) is 8.77. The van der Waals surface area contributed by atoms with Crippen LogP contribution in [-0.2, 0) is 0 Å². The van der Waals surface area contributed by atoms with Gasteiger partial charge in [0.25, 0.3) is 0 Å². The SMILES string of the molecule is b1ccc2ccc3cccc4ccc1c2c43. The van der Waals surface area contributed by atoms with E-state index in [2.05, 4.69) is 61.4 Å². The van der Waals surface area contributed by atoms with Crippen molar-refractivity contribution in [1.29, 1.82) is 0 Å². The molecule has 0 bridgehead atoms. The first-order chi connectivity index (χ1) is 7.93. The van der Waals surface area contributed by atoms with E-state index >= 15 is 0 Å². The van der Waals surface area contributed by atoms with Crippen LogP contribution in [-0.4, -0.2) is 6.91 Å². The Morgan fingerprint density at radius 1 is 0.625 bits per heavy atom. The van der Waals surface area contributed by atoms with Crippen LogP contribution in [0.3, 0.4) is 0 Å². The van der Waals surface area contributed by atoms with E-state index in [1.165, 1.54) is 32.2 Å². The normalized spacial score (nSPS) is 11.5. The van der Waals surface area contributed by atoms with Crippen LogP contribution in [0.25, 0.3) is 32.2 Å². The Balaban J connectivity index is 2.51. The fourth-order valence-corrected chi connectivity index (χ4v) is 2.67. The molecule has 0 saturated heterocycles. The maximum absolute atomic E-state index is 2.21. The van der Waals surface area contributed by atoms with Crippen molar-refractivity contribution in [3.63, 3.8) is 0 Å². The second-order valence-electron chi connectivity index (χ2n) is 4.29. The van der Waals surface area contributed by atoms with Crippen molar-refractivity contribution >= 4 is 39.1 Å². The van der Waals surface area contributed by atoms with Gasteiger partial charge >= 0.3 is 93.6 Å². The Bertz CT molecular complexity index is 672. The molecule has 1 heterocycles. The molecule has 0 unspecified atom stereocenters. The summed E-state index contributed by atoms with van der Waals surface area (Å²) in [7, 11) is 0. The van der Waals surface area contributed by atoms with Gasteiger partial charge in [-0.3, -0.25) is 0 Å². The minimum atomic E-state index is 1.34. The third-order valence-corrected chi connectivity index (χ3v) is 3.39. The molecule has 0 aliphatic carbocycles. The summed E-state index contributed by atoms with van der Waals surface area (Å²) < 4.78 is 0. The van der Waals surface area contributed by atoms with Crippen molar-refractivity contribution in [3.05, 3.63) is 54.5 Å². The van der Waals surface area contributed by atoms with Gasteiger partial charge in [0.1, 0.15) is 0 Å². The van der Waals surface area contributed by atoms with Crippen LogP contribution >= 0.6 is 0 Å². The van der Waals surface area contributed by atoms with E-state index in [-0.39, 0.29) is 0 Å². The van der Waals surface area contributed by atoms with E-state index in [9.17, 15) is 0 Å². The molecule has 0 aliphatic heterocycles. The van der Waals surface area contributed by atoms with Crippen molar-refractivity contribution in [2.75, 3.05) is 0 Å². The molecule has 72 valence electrons. The predicted molar refractivity (Wildman–Crippen MR) is 71.5 cm³/mol. The van der Waals surface area contributed by atoms with Crippen molar-refractivity contribution in [2.24, 2.45) is 0 Å². The summed E-state index contributed by atoms with van der Waals surface area (Å²) in [6, 6.07) is 17.5. The Kier molecular flexibility index (Phi) is 1.46. The average molecular weight is 200 g/mol. The van der Waals surface area contributed by atoms with Crippen LogP contribution in [0.5, 0.6) is 0 Å². The quantitative estimate of drug-likeness (QED) is 0.377. The molecular formula is C15H9B. The van der Waals surface area contributed by atoms with Crippen LogP contribution in [0.1, 0.15) is 0 Å². The monoisotopic (exact) mass is 200 g/mol. The Morgan fingerprint density at radius 2 is 1.31 bits per heavy atom. The molecular weight excluding hydrogens is 191 g/mol. The number of hydrogen-bond donors (Lipinski definition) is 0. The van der Waals surface area contributed by atoms with E-state index in [1.807, 2.05) is 0 Å². The van der Waals surface area contributed by atoms with Gasteiger partial charge in [0.15, 0.2) is 0 Å². The molecule has 0 amide bonds. The Morgan fingerprint density at radius 3 is 2.12 bits per heavy atom. The molecule has 0 fully saturated rings. The van der Waals surface area contributed by atoms with Crippen molar-refractivity contribution in [1.82, 2.24) is 0 Å². The van der Waals surface area contributed by atoms with Gasteiger partial charge in [-0.1, -0.05) is 0 Å². The van der Waals surface area contributed by atoms with Crippen LogP contribution in [0.4, 0.5) is 0 Å². The fourth-order valence-electron chi connectivity index (χ4n) is 2.67. The van der Waals surface area contributed by atoms with E-state index in [0.29, 0.717) is 0 Å². The van der Waals surface area contributed by atoms with E-state index in [4.69, 9.17) is 0 Å². The molecule has 0 radical (unpaired) electrons. The molecule has 0 atom stereocenters. The number of rotatable bonds is 0. The number of hydrogen-bond acceptors (Lipinski definition) is 0. The summed E-state index contributed by atoms with van der Waals surface area (Å²) in [6.45, 7) is 2.19. The van der Waals surface area contributed by atoms with Gasteiger partial charge in [-0.2, -0.15) is 0 Å². The predicted octanol–water partition coefficient (Wildman–Crippen LogP) is 3.92. The summed E-state index contributed by atoms with van der Waals surface area (Å²) in [6.07, 6.45) is 0. The van der Waals surface area contributed by atoms with Gasteiger partial charge in [-0.25, -0.2) is 0 Å². The van der Waals surface area contributed by atoms with Crippen molar-refractivity contribution in [2.45, 2.75) is 0 Å². The third kappa shape index (κ3) is 0.930. The summed E-state index contributed by atoms with van der Waals surface area (Å²) in [5.41, 5.74) is 0.